The first-order valence-electron chi connectivity index (χ1n) is 10.4. The van der Waals surface area contributed by atoms with Crippen LogP contribution in [0.1, 0.15) is 36.6 Å². The Balaban J connectivity index is 1.38. The summed E-state index contributed by atoms with van der Waals surface area (Å²) >= 11 is 1.69. The second-order valence-corrected chi connectivity index (χ2v) is 9.47. The minimum absolute atomic E-state index is 0.117. The first-order chi connectivity index (χ1) is 14.0. The molecule has 0 N–H and O–H groups in total. The Hall–Kier alpha value is -1.77. The van der Waals surface area contributed by atoms with Gasteiger partial charge in [0.15, 0.2) is 0 Å². The molecule has 7 nitrogen and oxygen atoms in total. The molecule has 2 aromatic heterocycles. The number of hydrogen-bond donors (Lipinski definition) is 0. The van der Waals surface area contributed by atoms with Crippen molar-refractivity contribution in [2.75, 3.05) is 34.3 Å². The topological polar surface area (TPSA) is 63.5 Å². The second-order valence-electron chi connectivity index (χ2n) is 8.69. The van der Waals surface area contributed by atoms with E-state index in [2.05, 4.69) is 43.1 Å². The van der Waals surface area contributed by atoms with Crippen LogP contribution in [0.2, 0.25) is 0 Å². The Kier molecular flexibility index (Phi) is 6.32. The van der Waals surface area contributed by atoms with Crippen molar-refractivity contribution < 1.29 is 9.53 Å². The number of fused-ring (bicyclic) bond motifs is 1. The molecule has 0 bridgehead atoms. The van der Waals surface area contributed by atoms with E-state index in [9.17, 15) is 4.79 Å². The van der Waals surface area contributed by atoms with Gasteiger partial charge in [0.1, 0.15) is 0 Å². The molecule has 1 aliphatic heterocycles. The molecule has 29 heavy (non-hydrogen) atoms. The summed E-state index contributed by atoms with van der Waals surface area (Å²) in [7, 11) is 5.85. The third-order valence-electron chi connectivity index (χ3n) is 6.32. The van der Waals surface area contributed by atoms with E-state index in [1.807, 2.05) is 18.8 Å². The van der Waals surface area contributed by atoms with Crippen molar-refractivity contribution in [3.63, 3.8) is 0 Å². The van der Waals surface area contributed by atoms with E-state index in [-0.39, 0.29) is 18.1 Å². The van der Waals surface area contributed by atoms with Gasteiger partial charge in [-0.15, -0.1) is 5.10 Å². The first-order valence-corrected chi connectivity index (χ1v) is 11.3. The fourth-order valence-corrected chi connectivity index (χ4v) is 5.54. The summed E-state index contributed by atoms with van der Waals surface area (Å²) in [6.45, 7) is 2.51. The molecule has 2 aliphatic rings. The Morgan fingerprint density at radius 3 is 2.79 bits per heavy atom. The fraction of sp³-hybridized carbons (Fsp3) is 0.667. The highest BCUT2D eigenvalue weighted by Gasteiger charge is 2.44. The number of hydrogen-bond acceptors (Lipinski definition) is 6. The number of ether oxygens (including phenoxy) is 1. The van der Waals surface area contributed by atoms with Gasteiger partial charge in [-0.3, -0.25) is 4.79 Å². The maximum Gasteiger partial charge on any atom is 0.222 e. The summed E-state index contributed by atoms with van der Waals surface area (Å²) in [6.07, 6.45) is 5.57. The third-order valence-corrected chi connectivity index (χ3v) is 7.06. The van der Waals surface area contributed by atoms with E-state index in [1.54, 1.807) is 18.4 Å². The van der Waals surface area contributed by atoms with Gasteiger partial charge in [0.25, 0.3) is 0 Å². The third kappa shape index (κ3) is 4.70. The largest absolute Gasteiger partial charge is 0.379 e. The standard InChI is InChI=1S/C21H31N5O2S/c1-24(2)12-18-13-26(23-22-18)19-8-16-10-25(11-17(16)9-20(19)28-3)21(27)5-4-15-6-7-29-14-15/h6-7,13-14,16-17,19-20H,4-5,8-12H2,1-3H3/t16-,17+,19-,20-/m1/s1. The SMILES string of the molecule is CO[C@@H]1C[C@H]2CN(C(=O)CCc3ccsc3)C[C@H]2C[C@H]1n1cc(CN(C)C)nn1. The van der Waals surface area contributed by atoms with Crippen LogP contribution in [0.15, 0.2) is 23.0 Å². The smallest absolute Gasteiger partial charge is 0.222 e. The van der Waals surface area contributed by atoms with Crippen molar-refractivity contribution in [2.24, 2.45) is 11.8 Å². The van der Waals surface area contributed by atoms with E-state index in [4.69, 9.17) is 4.74 Å². The predicted molar refractivity (Wildman–Crippen MR) is 113 cm³/mol. The molecule has 0 spiro atoms. The molecule has 4 rings (SSSR count). The number of nitrogens with zero attached hydrogens (tertiary/aromatic N) is 5. The van der Waals surface area contributed by atoms with Gasteiger partial charge in [-0.2, -0.15) is 11.3 Å². The van der Waals surface area contributed by atoms with Crippen LogP contribution in [0.25, 0.3) is 0 Å². The number of carbonyl (C=O) groups is 1. The number of methoxy groups -OCH3 is 1. The van der Waals surface area contributed by atoms with Gasteiger partial charge in [-0.05, 0) is 67.6 Å². The van der Waals surface area contributed by atoms with Crippen LogP contribution < -0.4 is 0 Å². The quantitative estimate of drug-likeness (QED) is 0.693. The number of aryl methyl sites for hydroxylation is 1. The summed E-state index contributed by atoms with van der Waals surface area (Å²) in [5, 5.41) is 12.9. The van der Waals surface area contributed by atoms with Gasteiger partial charge in [-0.1, -0.05) is 5.21 Å². The molecule has 0 unspecified atom stereocenters. The minimum atomic E-state index is 0.117. The molecule has 8 heteroatoms. The molecule has 4 atom stereocenters. The van der Waals surface area contributed by atoms with Crippen molar-refractivity contribution in [2.45, 2.75) is 44.4 Å². The molecule has 1 saturated heterocycles. The molecule has 3 heterocycles. The minimum Gasteiger partial charge on any atom is -0.379 e. The average Bonchev–Trinajstić information content (AvgIpc) is 3.44. The van der Waals surface area contributed by atoms with Gasteiger partial charge in [0, 0.05) is 33.2 Å². The van der Waals surface area contributed by atoms with Crippen LogP contribution in [0.4, 0.5) is 0 Å². The van der Waals surface area contributed by atoms with Gasteiger partial charge in [0.05, 0.1) is 24.0 Å². The highest BCUT2D eigenvalue weighted by Crippen LogP contribution is 2.42. The Morgan fingerprint density at radius 1 is 1.31 bits per heavy atom. The number of aromatic nitrogens is 3. The molecule has 158 valence electrons. The Bertz CT molecular complexity index is 806. The summed E-state index contributed by atoms with van der Waals surface area (Å²) in [5.41, 5.74) is 2.24. The molecule has 0 aromatic carbocycles. The van der Waals surface area contributed by atoms with E-state index < -0.39 is 0 Å². The summed E-state index contributed by atoms with van der Waals surface area (Å²) in [5.74, 6) is 1.31. The average molecular weight is 418 g/mol. The van der Waals surface area contributed by atoms with Gasteiger partial charge in [0.2, 0.25) is 5.91 Å². The zero-order valence-electron chi connectivity index (χ0n) is 17.5. The number of amides is 1. The normalized spacial score (nSPS) is 26.8. The van der Waals surface area contributed by atoms with E-state index in [1.165, 1.54) is 5.56 Å². The molecule has 1 saturated carbocycles. The van der Waals surface area contributed by atoms with Crippen LogP contribution in [-0.4, -0.2) is 71.1 Å². The predicted octanol–water partition coefficient (Wildman–Crippen LogP) is 2.46. The van der Waals surface area contributed by atoms with Crippen molar-refractivity contribution in [3.05, 3.63) is 34.3 Å². The van der Waals surface area contributed by atoms with E-state index in [0.717, 1.165) is 44.6 Å². The van der Waals surface area contributed by atoms with Crippen molar-refractivity contribution in [1.82, 2.24) is 24.8 Å². The molecular weight excluding hydrogens is 386 g/mol. The highest BCUT2D eigenvalue weighted by molar-refractivity contribution is 7.07. The van der Waals surface area contributed by atoms with Crippen LogP contribution in [0.3, 0.4) is 0 Å². The van der Waals surface area contributed by atoms with Crippen molar-refractivity contribution in [1.29, 1.82) is 0 Å². The van der Waals surface area contributed by atoms with Crippen LogP contribution in [0, 0.1) is 11.8 Å². The molecule has 2 aromatic rings. The monoisotopic (exact) mass is 417 g/mol. The highest BCUT2D eigenvalue weighted by atomic mass is 32.1. The molecule has 1 aliphatic carbocycles. The van der Waals surface area contributed by atoms with Crippen LogP contribution in [0.5, 0.6) is 0 Å². The molecule has 0 radical (unpaired) electrons. The molecular formula is C21H31N5O2S. The summed E-state index contributed by atoms with van der Waals surface area (Å²) in [4.78, 5) is 16.9. The zero-order chi connectivity index (χ0) is 20.4. The number of likely N-dealkylation sites (tertiary alicyclic amines) is 1. The lowest BCUT2D eigenvalue weighted by Crippen LogP contribution is -2.37. The molecule has 2 fully saturated rings. The Morgan fingerprint density at radius 2 is 2.10 bits per heavy atom. The van der Waals surface area contributed by atoms with Crippen molar-refractivity contribution in [3.8, 4) is 0 Å². The summed E-state index contributed by atoms with van der Waals surface area (Å²) < 4.78 is 7.84. The summed E-state index contributed by atoms with van der Waals surface area (Å²) in [6, 6.07) is 2.29. The maximum absolute atomic E-state index is 12.8. The number of thiophene rings is 1. The number of carbonyl (C=O) groups excluding carboxylic acids is 1. The lowest BCUT2D eigenvalue weighted by atomic mass is 9.77. The van der Waals surface area contributed by atoms with Gasteiger partial charge >= 0.3 is 0 Å². The van der Waals surface area contributed by atoms with Gasteiger partial charge in [-0.25, -0.2) is 4.68 Å². The zero-order valence-corrected chi connectivity index (χ0v) is 18.3. The van der Waals surface area contributed by atoms with E-state index in [0.29, 0.717) is 18.3 Å². The maximum atomic E-state index is 12.8. The molecule has 1 amide bonds. The van der Waals surface area contributed by atoms with E-state index >= 15 is 0 Å². The first kappa shape index (κ1) is 20.5. The lowest BCUT2D eigenvalue weighted by molar-refractivity contribution is -0.130. The Labute approximate surface area is 176 Å². The fourth-order valence-electron chi connectivity index (χ4n) is 4.84. The van der Waals surface area contributed by atoms with Gasteiger partial charge < -0.3 is 14.5 Å². The van der Waals surface area contributed by atoms with Crippen molar-refractivity contribution >= 4 is 17.2 Å². The van der Waals surface area contributed by atoms with Crippen LogP contribution >= 0.6 is 11.3 Å². The second kappa shape index (κ2) is 8.93. The van der Waals surface area contributed by atoms with Crippen LogP contribution in [-0.2, 0) is 22.5 Å². The number of rotatable bonds is 7. The lowest BCUT2D eigenvalue weighted by Gasteiger charge is -2.36.